The number of benzene rings is 9. The molecule has 0 aliphatic heterocycles. The Morgan fingerprint density at radius 1 is 0.536 bits per heavy atom. The monoisotopic (exact) mass is 888 g/mol. The molecule has 0 saturated carbocycles. The zero-order valence-electron chi connectivity index (χ0n) is 38.3. The van der Waals surface area contributed by atoms with Gasteiger partial charge in [-0.05, 0) is 83.8 Å². The molecule has 2 heterocycles. The van der Waals surface area contributed by atoms with Gasteiger partial charge in [-0.15, -0.1) is 0 Å². The molecule has 2 aromatic heterocycles. The molecule has 11 aromatic rings. The zero-order chi connectivity index (χ0) is 46.5. The fourth-order valence-corrected chi connectivity index (χ4v) is 9.24. The maximum absolute atomic E-state index is 6.93. The van der Waals surface area contributed by atoms with Crippen LogP contribution in [0.1, 0.15) is 29.2 Å². The van der Waals surface area contributed by atoms with Crippen LogP contribution in [-0.4, -0.2) is 16.6 Å². The van der Waals surface area contributed by atoms with Crippen LogP contribution in [0, 0.1) is 0 Å². The lowest BCUT2D eigenvalue weighted by molar-refractivity contribution is 0.669. The van der Waals surface area contributed by atoms with E-state index in [4.69, 9.17) is 14.4 Å². The van der Waals surface area contributed by atoms with E-state index in [-0.39, 0.29) is 0 Å². The van der Waals surface area contributed by atoms with Crippen molar-refractivity contribution >= 4 is 72.7 Å². The van der Waals surface area contributed by atoms with Gasteiger partial charge in [-0.1, -0.05) is 183 Å². The number of aromatic nitrogens is 1. The molecular formula is C64H48N4O. The molecule has 0 unspecified atom stereocenters. The van der Waals surface area contributed by atoms with Gasteiger partial charge in [0.2, 0.25) is 0 Å². The summed E-state index contributed by atoms with van der Waals surface area (Å²) in [5.41, 5.74) is 14.8. The second-order valence-corrected chi connectivity index (χ2v) is 17.1. The van der Waals surface area contributed by atoms with Crippen molar-refractivity contribution in [3.63, 3.8) is 0 Å². The van der Waals surface area contributed by atoms with Crippen LogP contribution in [0.3, 0.4) is 0 Å². The van der Waals surface area contributed by atoms with Crippen molar-refractivity contribution in [1.82, 2.24) is 4.57 Å². The molecule has 5 nitrogen and oxygen atoms in total. The van der Waals surface area contributed by atoms with Crippen LogP contribution in [0.2, 0.25) is 0 Å². The summed E-state index contributed by atoms with van der Waals surface area (Å²) in [6.45, 7) is 6.64. The van der Waals surface area contributed by atoms with Gasteiger partial charge in [0.15, 0.2) is 5.84 Å². The van der Waals surface area contributed by atoms with Crippen LogP contribution in [0.15, 0.2) is 281 Å². The first-order valence-electron chi connectivity index (χ1n) is 23.3. The standard InChI is InChI=1S/C64H48N4O/c1-45(46(2)66-64(50-29-15-6-16-30-50)65-44-48-25-11-4-12-26-48)39-56(49-27-13-5-14-28-49)60(40-47-23-9-3-10-24-47)67(51-31-17-7-18-32-51)53-37-38-55-58-42-57-54-35-21-22-36-59(54)68(52-33-19-8-20-34-52)61(57)43-63(58)69-62(55)41-53/h3-39,41-44H,2,40H2,1H3/b45-39+,60-56-,65-44?,66-64?. The number of furan rings is 1. The van der Waals surface area contributed by atoms with E-state index < -0.39 is 0 Å². The number of hydrogen-bond acceptors (Lipinski definition) is 3. The summed E-state index contributed by atoms with van der Waals surface area (Å²) in [6.07, 6.45) is 4.71. The normalized spacial score (nSPS) is 12.6. The number of para-hydroxylation sites is 3. The third-order valence-electron chi connectivity index (χ3n) is 12.6. The molecule has 0 atom stereocenters. The van der Waals surface area contributed by atoms with Crippen LogP contribution in [0.25, 0.3) is 55.0 Å². The van der Waals surface area contributed by atoms with E-state index in [1.54, 1.807) is 0 Å². The lowest BCUT2D eigenvalue weighted by Crippen LogP contribution is -2.20. The molecule has 5 heteroatoms. The average molecular weight is 889 g/mol. The Bertz CT molecular complexity index is 3740. The van der Waals surface area contributed by atoms with Crippen LogP contribution < -0.4 is 4.90 Å². The first-order chi connectivity index (χ1) is 34.1. The topological polar surface area (TPSA) is 46.0 Å². The van der Waals surface area contributed by atoms with Crippen molar-refractivity contribution in [2.24, 2.45) is 9.98 Å². The van der Waals surface area contributed by atoms with Crippen LogP contribution in [-0.2, 0) is 6.42 Å². The number of amidine groups is 1. The van der Waals surface area contributed by atoms with E-state index in [0.29, 0.717) is 18.0 Å². The summed E-state index contributed by atoms with van der Waals surface area (Å²) in [5, 5.41) is 4.53. The maximum Gasteiger partial charge on any atom is 0.159 e. The van der Waals surface area contributed by atoms with Gasteiger partial charge in [-0.2, -0.15) is 0 Å². The summed E-state index contributed by atoms with van der Waals surface area (Å²) in [4.78, 5) is 12.4. The van der Waals surface area contributed by atoms with E-state index in [0.717, 1.165) is 83.6 Å². The predicted molar refractivity (Wildman–Crippen MR) is 290 cm³/mol. The molecule has 0 spiro atoms. The fourth-order valence-electron chi connectivity index (χ4n) is 9.24. The van der Waals surface area contributed by atoms with E-state index in [9.17, 15) is 0 Å². The van der Waals surface area contributed by atoms with E-state index in [1.807, 2.05) is 66.9 Å². The van der Waals surface area contributed by atoms with Gasteiger partial charge in [0.05, 0.1) is 16.7 Å². The molecule has 0 fully saturated rings. The molecule has 0 saturated heterocycles. The summed E-state index contributed by atoms with van der Waals surface area (Å²) in [7, 11) is 0. The first kappa shape index (κ1) is 42.6. The summed E-state index contributed by atoms with van der Waals surface area (Å²) in [5.74, 6) is 0.583. The van der Waals surface area contributed by atoms with Crippen molar-refractivity contribution in [2.75, 3.05) is 4.90 Å². The predicted octanol–water partition coefficient (Wildman–Crippen LogP) is 16.5. The smallest absolute Gasteiger partial charge is 0.159 e. The Balaban J connectivity index is 1.10. The third kappa shape index (κ3) is 8.73. The SMILES string of the molecule is C=C(N=C(N=Cc1ccccc1)c1ccccc1)/C(C)=C/C(=C(\Cc1ccccc1)N(c1ccccc1)c1ccc2c(c1)oc1cc3c(cc12)c1ccccc1n3-c1ccccc1)c1ccccc1. The van der Waals surface area contributed by atoms with Crippen LogP contribution in [0.4, 0.5) is 11.4 Å². The molecule has 0 aliphatic rings. The van der Waals surface area contributed by atoms with Crippen molar-refractivity contribution in [3.8, 4) is 5.69 Å². The number of fused-ring (bicyclic) bond motifs is 6. The van der Waals surface area contributed by atoms with Gasteiger partial charge in [0, 0.05) is 80.2 Å². The average Bonchev–Trinajstić information content (AvgIpc) is 3.93. The fraction of sp³-hybridized carbons (Fsp3) is 0.0312. The highest BCUT2D eigenvalue weighted by molar-refractivity contribution is 6.17. The molecule has 330 valence electrons. The highest BCUT2D eigenvalue weighted by Gasteiger charge is 2.23. The second kappa shape index (κ2) is 19.0. The molecule has 9 aromatic carbocycles. The van der Waals surface area contributed by atoms with E-state index >= 15 is 0 Å². The molecule has 69 heavy (non-hydrogen) atoms. The highest BCUT2D eigenvalue weighted by Crippen LogP contribution is 2.42. The van der Waals surface area contributed by atoms with E-state index in [2.05, 4.69) is 205 Å². The Kier molecular flexibility index (Phi) is 11.7. The number of aliphatic imine (C=N–C) groups is 2. The van der Waals surface area contributed by atoms with Crippen molar-refractivity contribution in [2.45, 2.75) is 13.3 Å². The number of allylic oxidation sites excluding steroid dienone is 4. The number of rotatable bonds is 12. The Labute approximate surface area is 402 Å². The molecule has 0 bridgehead atoms. The minimum absolute atomic E-state index is 0.583. The third-order valence-corrected chi connectivity index (χ3v) is 12.6. The molecular weight excluding hydrogens is 841 g/mol. The minimum atomic E-state index is 0.583. The van der Waals surface area contributed by atoms with Gasteiger partial charge >= 0.3 is 0 Å². The Hall–Kier alpha value is -9.06. The highest BCUT2D eigenvalue weighted by atomic mass is 16.3. The second-order valence-electron chi connectivity index (χ2n) is 17.1. The lowest BCUT2D eigenvalue weighted by atomic mass is 9.95. The maximum atomic E-state index is 6.93. The molecule has 0 aliphatic carbocycles. The van der Waals surface area contributed by atoms with Gasteiger partial charge in [-0.3, -0.25) is 0 Å². The lowest BCUT2D eigenvalue weighted by Gasteiger charge is -2.30. The Morgan fingerprint density at radius 2 is 1.13 bits per heavy atom. The zero-order valence-corrected chi connectivity index (χ0v) is 38.3. The molecule has 0 N–H and O–H groups in total. The van der Waals surface area contributed by atoms with Crippen LogP contribution >= 0.6 is 0 Å². The van der Waals surface area contributed by atoms with Crippen LogP contribution in [0.5, 0.6) is 0 Å². The summed E-state index contributed by atoms with van der Waals surface area (Å²) >= 11 is 0. The number of hydrogen-bond donors (Lipinski definition) is 0. The van der Waals surface area contributed by atoms with Gasteiger partial charge in [0.25, 0.3) is 0 Å². The molecule has 11 rings (SSSR count). The van der Waals surface area contributed by atoms with Gasteiger partial charge in [0.1, 0.15) is 11.2 Å². The quantitative estimate of drug-likeness (QED) is 0.0697. The van der Waals surface area contributed by atoms with Crippen molar-refractivity contribution < 1.29 is 4.42 Å². The summed E-state index contributed by atoms with van der Waals surface area (Å²) in [6, 6.07) is 82.4. The van der Waals surface area contributed by atoms with Crippen molar-refractivity contribution in [3.05, 3.63) is 288 Å². The largest absolute Gasteiger partial charge is 0.456 e. The van der Waals surface area contributed by atoms with E-state index in [1.165, 1.54) is 16.3 Å². The van der Waals surface area contributed by atoms with Crippen molar-refractivity contribution in [1.29, 1.82) is 0 Å². The molecule has 0 amide bonds. The number of anilines is 2. The van der Waals surface area contributed by atoms with Gasteiger partial charge < -0.3 is 13.9 Å². The van der Waals surface area contributed by atoms with Gasteiger partial charge in [-0.25, -0.2) is 9.98 Å². The number of nitrogens with zero attached hydrogens (tertiary/aromatic N) is 4. The Morgan fingerprint density at radius 3 is 1.84 bits per heavy atom. The molecule has 0 radical (unpaired) electrons. The first-order valence-corrected chi connectivity index (χ1v) is 23.3. The minimum Gasteiger partial charge on any atom is -0.456 e. The summed E-state index contributed by atoms with van der Waals surface area (Å²) < 4.78 is 9.26.